The minimum absolute atomic E-state index is 0.0979. The molecule has 0 aliphatic carbocycles. The Balaban J connectivity index is 1.41. The molecule has 0 aliphatic rings. The van der Waals surface area contributed by atoms with E-state index in [2.05, 4.69) is 16.0 Å². The van der Waals surface area contributed by atoms with Gasteiger partial charge in [0.25, 0.3) is 11.8 Å². The monoisotopic (exact) mass is 610 g/mol. The lowest BCUT2D eigenvalue weighted by Gasteiger charge is -2.13. The van der Waals surface area contributed by atoms with Crippen molar-refractivity contribution in [3.8, 4) is 11.5 Å². The molecule has 4 aromatic carbocycles. The highest BCUT2D eigenvalue weighted by molar-refractivity contribution is 8.00. The van der Waals surface area contributed by atoms with Gasteiger partial charge < -0.3 is 30.3 Å². The Hall–Kier alpha value is -5.22. The van der Waals surface area contributed by atoms with Crippen molar-refractivity contribution in [2.45, 2.75) is 4.90 Å². The van der Waals surface area contributed by atoms with Crippen LogP contribution in [0.1, 0.15) is 15.9 Å². The van der Waals surface area contributed by atoms with E-state index in [0.717, 1.165) is 16.1 Å². The molecule has 0 fully saturated rings. The molecule has 44 heavy (non-hydrogen) atoms. The Labute approximate surface area is 261 Å². The quantitative estimate of drug-likeness (QED) is 0.135. The van der Waals surface area contributed by atoms with Gasteiger partial charge in [-0.2, -0.15) is 0 Å². The average molecular weight is 611 g/mol. The first kappa shape index (κ1) is 31.7. The molecule has 10 heteroatoms. The van der Waals surface area contributed by atoms with E-state index in [4.69, 9.17) is 9.47 Å². The van der Waals surface area contributed by atoms with Crippen molar-refractivity contribution in [3.63, 3.8) is 0 Å². The Morgan fingerprint density at radius 1 is 0.773 bits per heavy atom. The lowest BCUT2D eigenvalue weighted by atomic mass is 10.1. The third kappa shape index (κ3) is 9.14. The molecular formula is C34H34N4O5S. The van der Waals surface area contributed by atoms with Crippen LogP contribution in [-0.2, 0) is 9.59 Å². The molecule has 0 saturated carbocycles. The van der Waals surface area contributed by atoms with Crippen molar-refractivity contribution in [2.75, 3.05) is 49.6 Å². The van der Waals surface area contributed by atoms with E-state index in [1.165, 1.54) is 11.8 Å². The summed E-state index contributed by atoms with van der Waals surface area (Å²) in [5.41, 5.74) is 3.41. The van der Waals surface area contributed by atoms with Crippen LogP contribution < -0.4 is 30.3 Å². The molecule has 0 spiro atoms. The Bertz CT molecular complexity index is 1600. The molecule has 0 aliphatic heterocycles. The first-order chi connectivity index (χ1) is 21.2. The molecule has 0 unspecified atom stereocenters. The molecule has 0 aromatic heterocycles. The summed E-state index contributed by atoms with van der Waals surface area (Å²) >= 11 is 1.35. The van der Waals surface area contributed by atoms with Crippen LogP contribution in [0.3, 0.4) is 0 Å². The third-order valence-corrected chi connectivity index (χ3v) is 7.38. The van der Waals surface area contributed by atoms with Crippen molar-refractivity contribution in [3.05, 3.63) is 114 Å². The SMILES string of the molecule is COc1cc(NC(=O)CSc2ccc(NC(=O)/C(=C/c3ccc(N(C)C)cc3)NC(=O)c3ccccc3)cc2)cc(OC)c1. The average Bonchev–Trinajstić information content (AvgIpc) is 3.04. The van der Waals surface area contributed by atoms with Crippen LogP contribution in [0.4, 0.5) is 17.1 Å². The van der Waals surface area contributed by atoms with E-state index in [-0.39, 0.29) is 17.4 Å². The smallest absolute Gasteiger partial charge is 0.272 e. The van der Waals surface area contributed by atoms with E-state index in [0.29, 0.717) is 28.4 Å². The number of benzene rings is 4. The standard InChI is InChI=1S/C34H34N4O5S/c1-38(2)27-14-10-23(11-15-27)18-31(37-33(40)24-8-6-5-7-9-24)34(41)36-25-12-16-30(17-13-25)44-22-32(39)35-26-19-28(42-3)21-29(20-26)43-4/h5-21H,22H2,1-4H3,(H,35,39)(H,36,41)(H,37,40)/b31-18-. The molecule has 4 rings (SSSR count). The van der Waals surface area contributed by atoms with Gasteiger partial charge in [-0.25, -0.2) is 0 Å². The second-order valence-electron chi connectivity index (χ2n) is 9.78. The molecule has 0 atom stereocenters. The summed E-state index contributed by atoms with van der Waals surface area (Å²) in [6, 6.07) is 28.6. The highest BCUT2D eigenvalue weighted by Gasteiger charge is 2.15. The molecule has 3 N–H and O–H groups in total. The fraction of sp³-hybridized carbons (Fsp3) is 0.147. The van der Waals surface area contributed by atoms with E-state index in [1.54, 1.807) is 74.9 Å². The zero-order valence-electron chi connectivity index (χ0n) is 24.9. The van der Waals surface area contributed by atoms with E-state index in [9.17, 15) is 14.4 Å². The van der Waals surface area contributed by atoms with Crippen LogP contribution in [0.15, 0.2) is 108 Å². The van der Waals surface area contributed by atoms with Crippen LogP contribution in [0, 0.1) is 0 Å². The zero-order chi connectivity index (χ0) is 31.5. The van der Waals surface area contributed by atoms with Gasteiger partial charge >= 0.3 is 0 Å². The van der Waals surface area contributed by atoms with Gasteiger partial charge in [0.2, 0.25) is 5.91 Å². The topological polar surface area (TPSA) is 109 Å². The van der Waals surface area contributed by atoms with Crippen molar-refractivity contribution < 1.29 is 23.9 Å². The molecule has 9 nitrogen and oxygen atoms in total. The molecule has 4 aromatic rings. The number of nitrogens with one attached hydrogen (secondary N) is 3. The molecule has 0 saturated heterocycles. The molecule has 0 bridgehead atoms. The van der Waals surface area contributed by atoms with E-state index >= 15 is 0 Å². The van der Waals surface area contributed by atoms with Gasteiger partial charge in [0, 0.05) is 59.8 Å². The van der Waals surface area contributed by atoms with Crippen LogP contribution >= 0.6 is 11.8 Å². The largest absolute Gasteiger partial charge is 0.497 e. The Kier molecular flexibility index (Phi) is 11.0. The molecule has 3 amide bonds. The number of methoxy groups -OCH3 is 2. The van der Waals surface area contributed by atoms with Crippen LogP contribution in [0.25, 0.3) is 6.08 Å². The number of rotatable bonds is 12. The van der Waals surface area contributed by atoms with Crippen LogP contribution in [0.2, 0.25) is 0 Å². The van der Waals surface area contributed by atoms with Gasteiger partial charge in [-0.15, -0.1) is 11.8 Å². The minimum atomic E-state index is -0.473. The lowest BCUT2D eigenvalue weighted by Crippen LogP contribution is -2.30. The second kappa shape index (κ2) is 15.3. The highest BCUT2D eigenvalue weighted by Crippen LogP contribution is 2.27. The Morgan fingerprint density at radius 2 is 1.41 bits per heavy atom. The van der Waals surface area contributed by atoms with Crippen LogP contribution in [-0.4, -0.2) is 51.8 Å². The van der Waals surface area contributed by atoms with Crippen molar-refractivity contribution in [1.82, 2.24) is 5.32 Å². The summed E-state index contributed by atoms with van der Waals surface area (Å²) < 4.78 is 10.5. The number of hydrogen-bond acceptors (Lipinski definition) is 7. The number of ether oxygens (including phenoxy) is 2. The molecular weight excluding hydrogens is 576 g/mol. The molecule has 226 valence electrons. The maximum Gasteiger partial charge on any atom is 0.272 e. The highest BCUT2D eigenvalue weighted by atomic mass is 32.2. The fourth-order valence-electron chi connectivity index (χ4n) is 4.04. The van der Waals surface area contributed by atoms with Crippen molar-refractivity contribution in [1.29, 1.82) is 0 Å². The zero-order valence-corrected chi connectivity index (χ0v) is 25.7. The maximum absolute atomic E-state index is 13.3. The third-order valence-electron chi connectivity index (χ3n) is 6.37. The number of amides is 3. The number of anilines is 3. The number of hydrogen-bond donors (Lipinski definition) is 3. The second-order valence-corrected chi connectivity index (χ2v) is 10.8. The predicted molar refractivity (Wildman–Crippen MR) is 177 cm³/mol. The van der Waals surface area contributed by atoms with Gasteiger partial charge in [0.15, 0.2) is 0 Å². The summed E-state index contributed by atoms with van der Waals surface area (Å²) in [6.07, 6.45) is 1.64. The predicted octanol–water partition coefficient (Wildman–Crippen LogP) is 5.91. The first-order valence-corrected chi connectivity index (χ1v) is 14.6. The van der Waals surface area contributed by atoms with Crippen molar-refractivity contribution >= 4 is 52.6 Å². The fourth-order valence-corrected chi connectivity index (χ4v) is 4.73. The summed E-state index contributed by atoms with van der Waals surface area (Å²) in [4.78, 5) is 41.6. The number of nitrogens with zero attached hydrogens (tertiary/aromatic N) is 1. The van der Waals surface area contributed by atoms with Gasteiger partial charge in [-0.05, 0) is 60.2 Å². The van der Waals surface area contributed by atoms with E-state index in [1.807, 2.05) is 61.5 Å². The molecule has 0 radical (unpaired) electrons. The summed E-state index contributed by atoms with van der Waals surface area (Å²) in [5, 5.41) is 8.45. The summed E-state index contributed by atoms with van der Waals surface area (Å²) in [6.45, 7) is 0. The Morgan fingerprint density at radius 3 is 2.00 bits per heavy atom. The maximum atomic E-state index is 13.3. The summed E-state index contributed by atoms with van der Waals surface area (Å²) in [7, 11) is 6.99. The van der Waals surface area contributed by atoms with Gasteiger partial charge in [0.05, 0.1) is 20.0 Å². The van der Waals surface area contributed by atoms with Gasteiger partial charge in [-0.3, -0.25) is 14.4 Å². The summed E-state index contributed by atoms with van der Waals surface area (Å²) in [5.74, 6) is 0.268. The number of carbonyl (C=O) groups excluding carboxylic acids is 3. The van der Waals surface area contributed by atoms with E-state index < -0.39 is 11.8 Å². The first-order valence-electron chi connectivity index (χ1n) is 13.7. The minimum Gasteiger partial charge on any atom is -0.497 e. The number of thioether (sulfide) groups is 1. The van der Waals surface area contributed by atoms with Crippen molar-refractivity contribution in [2.24, 2.45) is 0 Å². The molecule has 0 heterocycles. The van der Waals surface area contributed by atoms with Gasteiger partial charge in [-0.1, -0.05) is 30.3 Å². The lowest BCUT2D eigenvalue weighted by molar-refractivity contribution is -0.114. The normalized spacial score (nSPS) is 10.9. The number of carbonyl (C=O) groups is 3. The van der Waals surface area contributed by atoms with Gasteiger partial charge in [0.1, 0.15) is 17.2 Å². The van der Waals surface area contributed by atoms with Crippen LogP contribution in [0.5, 0.6) is 11.5 Å².